The standard InChI is InChI=1S/C34H31NO5/c36-32(30(27-17-9-3-10-18-27)28-19-11-4-12-20-28)35-31(33(37)38)34(29-23-39-24-40-29,21-25-13-5-1-6-14-25)22-26-15-7-2-8-16-26/h1-20,23,30-31H,21-22,24H2,(H,35,36)(H,37,38). The summed E-state index contributed by atoms with van der Waals surface area (Å²) >= 11 is 0. The van der Waals surface area contributed by atoms with Crippen LogP contribution in [0.2, 0.25) is 0 Å². The van der Waals surface area contributed by atoms with Crippen LogP contribution in [0, 0.1) is 5.41 Å². The molecule has 6 nitrogen and oxygen atoms in total. The van der Waals surface area contributed by atoms with Crippen LogP contribution in [0.25, 0.3) is 0 Å². The lowest BCUT2D eigenvalue weighted by Crippen LogP contribution is -2.56. The highest BCUT2D eigenvalue weighted by Crippen LogP contribution is 2.42. The topological polar surface area (TPSA) is 84.9 Å². The number of hydrogen-bond donors (Lipinski definition) is 2. The smallest absolute Gasteiger partial charge is 0.327 e. The first-order chi connectivity index (χ1) is 19.6. The van der Waals surface area contributed by atoms with E-state index in [1.165, 1.54) is 6.26 Å². The van der Waals surface area contributed by atoms with Crippen LogP contribution < -0.4 is 5.32 Å². The molecule has 1 aliphatic heterocycles. The number of carbonyl (C=O) groups is 2. The van der Waals surface area contributed by atoms with Crippen LogP contribution in [0.15, 0.2) is 133 Å². The zero-order valence-corrected chi connectivity index (χ0v) is 22.0. The molecule has 0 aliphatic carbocycles. The summed E-state index contributed by atoms with van der Waals surface area (Å²) in [6.07, 6.45) is 2.09. The molecule has 0 aromatic heterocycles. The lowest BCUT2D eigenvalue weighted by atomic mass is 9.69. The van der Waals surface area contributed by atoms with E-state index in [4.69, 9.17) is 9.47 Å². The number of ether oxygens (including phenoxy) is 2. The molecule has 1 unspecified atom stereocenters. The summed E-state index contributed by atoms with van der Waals surface area (Å²) < 4.78 is 11.4. The van der Waals surface area contributed by atoms with Crippen molar-refractivity contribution in [1.82, 2.24) is 5.32 Å². The minimum atomic E-state index is -1.33. The highest BCUT2D eigenvalue weighted by molar-refractivity contribution is 5.91. The third-order valence-electron chi connectivity index (χ3n) is 7.30. The summed E-state index contributed by atoms with van der Waals surface area (Å²) in [5.74, 6) is -1.87. The first-order valence-corrected chi connectivity index (χ1v) is 13.2. The van der Waals surface area contributed by atoms with Crippen LogP contribution in [-0.2, 0) is 31.9 Å². The highest BCUT2D eigenvalue weighted by Gasteiger charge is 2.50. The highest BCUT2D eigenvalue weighted by atomic mass is 16.7. The Kier molecular flexibility index (Phi) is 8.26. The van der Waals surface area contributed by atoms with Gasteiger partial charge in [0.25, 0.3) is 0 Å². The normalized spacial score (nSPS) is 13.6. The Morgan fingerprint density at radius 3 is 1.57 bits per heavy atom. The number of nitrogens with one attached hydrogen (secondary N) is 1. The number of aliphatic carboxylic acids is 1. The molecule has 0 fully saturated rings. The molecule has 40 heavy (non-hydrogen) atoms. The monoisotopic (exact) mass is 533 g/mol. The van der Waals surface area contributed by atoms with E-state index >= 15 is 0 Å². The molecular formula is C34H31NO5. The van der Waals surface area contributed by atoms with E-state index in [2.05, 4.69) is 5.32 Å². The maximum Gasteiger partial charge on any atom is 0.327 e. The number of carboxylic acid groups (broad SMARTS) is 1. The maximum atomic E-state index is 14.2. The molecule has 1 amide bonds. The SMILES string of the molecule is O=C(NC(C(=O)O)C(Cc1ccccc1)(Cc1ccccc1)C1=COCO1)C(c1ccccc1)c1ccccc1. The first-order valence-electron chi connectivity index (χ1n) is 13.2. The Morgan fingerprint density at radius 1 is 0.725 bits per heavy atom. The predicted molar refractivity (Wildman–Crippen MR) is 152 cm³/mol. The quantitative estimate of drug-likeness (QED) is 0.258. The number of benzene rings is 4. The lowest BCUT2D eigenvalue weighted by Gasteiger charge is -2.39. The van der Waals surface area contributed by atoms with Gasteiger partial charge in [-0.25, -0.2) is 4.79 Å². The van der Waals surface area contributed by atoms with Gasteiger partial charge in [-0.2, -0.15) is 0 Å². The molecule has 1 heterocycles. The maximum absolute atomic E-state index is 14.2. The summed E-state index contributed by atoms with van der Waals surface area (Å²) in [5, 5.41) is 13.7. The van der Waals surface area contributed by atoms with Crippen LogP contribution in [0.1, 0.15) is 28.2 Å². The Hall–Kier alpha value is -4.84. The summed E-state index contributed by atoms with van der Waals surface area (Å²) in [6, 6.07) is 36.7. The van der Waals surface area contributed by atoms with Crippen molar-refractivity contribution in [3.8, 4) is 0 Å². The number of carboxylic acids is 1. The van der Waals surface area contributed by atoms with Gasteiger partial charge in [-0.15, -0.1) is 0 Å². The summed E-state index contributed by atoms with van der Waals surface area (Å²) in [5.41, 5.74) is 2.19. The van der Waals surface area contributed by atoms with Crippen molar-refractivity contribution in [3.05, 3.63) is 156 Å². The molecule has 0 bridgehead atoms. The van der Waals surface area contributed by atoms with Gasteiger partial charge in [-0.1, -0.05) is 121 Å². The molecule has 0 saturated heterocycles. The van der Waals surface area contributed by atoms with Gasteiger partial charge in [-0.05, 0) is 35.1 Å². The van der Waals surface area contributed by atoms with Gasteiger partial charge in [0, 0.05) is 0 Å². The van der Waals surface area contributed by atoms with Crippen LogP contribution >= 0.6 is 0 Å². The molecule has 5 rings (SSSR count). The van der Waals surface area contributed by atoms with E-state index in [1.54, 1.807) is 0 Å². The molecule has 4 aromatic rings. The van der Waals surface area contributed by atoms with E-state index < -0.39 is 29.3 Å². The Bertz CT molecular complexity index is 1360. The minimum Gasteiger partial charge on any atom is -0.480 e. The van der Waals surface area contributed by atoms with Crippen molar-refractivity contribution in [2.24, 2.45) is 5.41 Å². The molecule has 0 saturated carbocycles. The average molecular weight is 534 g/mol. The predicted octanol–water partition coefficient (Wildman–Crippen LogP) is 5.71. The molecule has 0 spiro atoms. The Balaban J connectivity index is 1.61. The van der Waals surface area contributed by atoms with Crippen molar-refractivity contribution in [2.45, 2.75) is 24.8 Å². The number of rotatable bonds is 11. The summed E-state index contributed by atoms with van der Waals surface area (Å²) in [6.45, 7) is -0.0163. The largest absolute Gasteiger partial charge is 0.480 e. The zero-order chi connectivity index (χ0) is 27.8. The number of carbonyl (C=O) groups excluding carboxylic acids is 1. The average Bonchev–Trinajstić information content (AvgIpc) is 3.54. The molecule has 2 N–H and O–H groups in total. The second-order valence-electron chi connectivity index (χ2n) is 9.93. The van der Waals surface area contributed by atoms with Crippen LogP contribution in [0.3, 0.4) is 0 Å². The van der Waals surface area contributed by atoms with Crippen LogP contribution in [-0.4, -0.2) is 29.8 Å². The van der Waals surface area contributed by atoms with Gasteiger partial charge in [0.05, 0.1) is 11.3 Å². The summed E-state index contributed by atoms with van der Waals surface area (Å²) in [4.78, 5) is 27.3. The molecule has 0 radical (unpaired) electrons. The van der Waals surface area contributed by atoms with Gasteiger partial charge in [-0.3, -0.25) is 4.79 Å². The van der Waals surface area contributed by atoms with Gasteiger partial charge in [0.2, 0.25) is 12.7 Å². The Labute approximate surface area is 233 Å². The van der Waals surface area contributed by atoms with Crippen LogP contribution in [0.4, 0.5) is 0 Å². The Morgan fingerprint density at radius 2 is 1.18 bits per heavy atom. The van der Waals surface area contributed by atoms with Crippen molar-refractivity contribution < 1.29 is 24.2 Å². The van der Waals surface area contributed by atoms with Crippen molar-refractivity contribution in [3.63, 3.8) is 0 Å². The van der Waals surface area contributed by atoms with Crippen molar-refractivity contribution in [1.29, 1.82) is 0 Å². The molecule has 1 atom stereocenters. The van der Waals surface area contributed by atoms with E-state index in [1.807, 2.05) is 121 Å². The fourth-order valence-electron chi connectivity index (χ4n) is 5.45. The minimum absolute atomic E-state index is 0.0163. The van der Waals surface area contributed by atoms with E-state index in [0.717, 1.165) is 22.3 Å². The van der Waals surface area contributed by atoms with E-state index in [9.17, 15) is 14.7 Å². The molecular weight excluding hydrogens is 502 g/mol. The van der Waals surface area contributed by atoms with Crippen molar-refractivity contribution >= 4 is 11.9 Å². The van der Waals surface area contributed by atoms with E-state index in [0.29, 0.717) is 18.6 Å². The fourth-order valence-corrected chi connectivity index (χ4v) is 5.45. The molecule has 4 aromatic carbocycles. The van der Waals surface area contributed by atoms with Crippen molar-refractivity contribution in [2.75, 3.05) is 6.79 Å². The lowest BCUT2D eigenvalue weighted by molar-refractivity contribution is -0.146. The second kappa shape index (κ2) is 12.3. The molecule has 1 aliphatic rings. The third-order valence-corrected chi connectivity index (χ3v) is 7.30. The van der Waals surface area contributed by atoms with Gasteiger partial charge >= 0.3 is 5.97 Å². The van der Waals surface area contributed by atoms with Gasteiger partial charge < -0.3 is 19.9 Å². The molecule has 202 valence electrons. The third kappa shape index (κ3) is 5.91. The summed E-state index contributed by atoms with van der Waals surface area (Å²) in [7, 11) is 0. The van der Waals surface area contributed by atoms with Gasteiger partial charge in [0.15, 0.2) is 0 Å². The van der Waals surface area contributed by atoms with Gasteiger partial charge in [0.1, 0.15) is 18.1 Å². The van der Waals surface area contributed by atoms with Crippen LogP contribution in [0.5, 0.6) is 0 Å². The molecule has 6 heteroatoms. The van der Waals surface area contributed by atoms with E-state index in [-0.39, 0.29) is 6.79 Å². The zero-order valence-electron chi connectivity index (χ0n) is 22.0. The number of amides is 1. The second-order valence-corrected chi connectivity index (χ2v) is 9.93. The number of hydrogen-bond acceptors (Lipinski definition) is 4. The first kappa shape index (κ1) is 26.8. The fraction of sp³-hybridized carbons (Fsp3) is 0.176.